The number of amides is 1. The quantitative estimate of drug-likeness (QED) is 0.714. The number of hydrogen-bond donors (Lipinski definition) is 2. The van der Waals surface area contributed by atoms with Gasteiger partial charge in [-0.2, -0.15) is 0 Å². The van der Waals surface area contributed by atoms with Gasteiger partial charge in [-0.3, -0.25) is 9.59 Å². The van der Waals surface area contributed by atoms with E-state index < -0.39 is 0 Å². The maximum absolute atomic E-state index is 12.2. The molecule has 0 unspecified atom stereocenters. The van der Waals surface area contributed by atoms with Crippen molar-refractivity contribution < 1.29 is 9.53 Å². The second kappa shape index (κ2) is 8.77. The number of carbonyl (C=O) groups is 1. The van der Waals surface area contributed by atoms with E-state index >= 15 is 0 Å². The van der Waals surface area contributed by atoms with Crippen LogP contribution in [0.25, 0.3) is 11.4 Å². The molecule has 0 aliphatic carbocycles. The van der Waals surface area contributed by atoms with Crippen LogP contribution >= 0.6 is 0 Å². The molecule has 0 fully saturated rings. The van der Waals surface area contributed by atoms with Crippen LogP contribution in [-0.2, 0) is 11.2 Å². The molecule has 0 saturated heterocycles. The maximum atomic E-state index is 12.2. The summed E-state index contributed by atoms with van der Waals surface area (Å²) in [5.41, 5.74) is 0.580. The molecule has 0 aliphatic rings. The molecule has 2 N–H and O–H groups in total. The molecule has 25 heavy (non-hydrogen) atoms. The van der Waals surface area contributed by atoms with Gasteiger partial charge in [-0.1, -0.05) is 24.8 Å². The molecule has 1 heterocycles. The van der Waals surface area contributed by atoms with Crippen LogP contribution < -0.4 is 15.6 Å². The van der Waals surface area contributed by atoms with Crippen LogP contribution in [0.15, 0.2) is 41.7 Å². The molecule has 2 rings (SSSR count). The van der Waals surface area contributed by atoms with Crippen LogP contribution in [0, 0.1) is 0 Å². The van der Waals surface area contributed by atoms with Crippen LogP contribution in [0.1, 0.15) is 26.0 Å². The van der Waals surface area contributed by atoms with Gasteiger partial charge in [0.05, 0.1) is 0 Å². The number of aromatic amines is 1. The van der Waals surface area contributed by atoms with E-state index in [1.165, 1.54) is 0 Å². The van der Waals surface area contributed by atoms with Crippen molar-refractivity contribution in [3.63, 3.8) is 0 Å². The number of ether oxygens (including phenoxy) is 1. The summed E-state index contributed by atoms with van der Waals surface area (Å²) >= 11 is 0. The van der Waals surface area contributed by atoms with Crippen LogP contribution in [0.5, 0.6) is 5.75 Å². The van der Waals surface area contributed by atoms with Crippen LogP contribution in [0.3, 0.4) is 0 Å². The maximum Gasteiger partial charge on any atom is 0.273 e. The van der Waals surface area contributed by atoms with Crippen LogP contribution in [0.4, 0.5) is 0 Å². The van der Waals surface area contributed by atoms with Gasteiger partial charge in [-0.15, -0.1) is 10.2 Å². The molecular formula is C18H22N4O3. The van der Waals surface area contributed by atoms with E-state index in [4.69, 9.17) is 4.74 Å². The number of nitrogens with one attached hydrogen (secondary N) is 2. The molecule has 1 aromatic carbocycles. The fraction of sp³-hybridized carbons (Fsp3) is 0.333. The molecule has 7 heteroatoms. The number of rotatable bonds is 8. The highest BCUT2D eigenvalue weighted by molar-refractivity contribution is 5.76. The topological polar surface area (TPSA) is 97.0 Å². The fourth-order valence-corrected chi connectivity index (χ4v) is 2.17. The standard InChI is InChI=1S/C18H22N4O3/c1-4-10-25-14-7-5-6-13(11-14)17-20-18(24)15(21-22-17)8-9-16(23)19-12(2)3/h4-7,11-12H,1,8-10H2,2-3H3,(H,19,23)(H,20,22,24). The zero-order valence-corrected chi connectivity index (χ0v) is 14.4. The van der Waals surface area contributed by atoms with Crippen molar-refractivity contribution in [3.8, 4) is 17.1 Å². The minimum absolute atomic E-state index is 0.0647. The predicted molar refractivity (Wildman–Crippen MR) is 95.4 cm³/mol. The van der Waals surface area contributed by atoms with Gasteiger partial charge >= 0.3 is 0 Å². The Morgan fingerprint density at radius 1 is 1.40 bits per heavy atom. The van der Waals surface area contributed by atoms with E-state index in [0.717, 1.165) is 0 Å². The van der Waals surface area contributed by atoms with E-state index in [-0.39, 0.29) is 36.0 Å². The Labute approximate surface area is 146 Å². The minimum atomic E-state index is -0.347. The molecule has 0 bridgehead atoms. The molecule has 7 nitrogen and oxygen atoms in total. The van der Waals surface area contributed by atoms with Crippen molar-refractivity contribution in [2.75, 3.05) is 6.61 Å². The summed E-state index contributed by atoms with van der Waals surface area (Å²) in [5, 5.41) is 10.8. The third kappa shape index (κ3) is 5.56. The average molecular weight is 342 g/mol. The summed E-state index contributed by atoms with van der Waals surface area (Å²) in [5.74, 6) is 0.881. The van der Waals surface area contributed by atoms with Crippen molar-refractivity contribution >= 4 is 5.91 Å². The Bertz CT molecular complexity index is 799. The number of H-pyrrole nitrogens is 1. The number of benzene rings is 1. The normalized spacial score (nSPS) is 10.5. The Hall–Kier alpha value is -2.96. The number of aromatic nitrogens is 3. The van der Waals surface area contributed by atoms with Crippen molar-refractivity contribution in [3.05, 3.63) is 53.0 Å². The Morgan fingerprint density at radius 3 is 2.88 bits per heavy atom. The lowest BCUT2D eigenvalue weighted by atomic mass is 10.2. The third-order valence-corrected chi connectivity index (χ3v) is 3.28. The molecule has 0 atom stereocenters. The molecular weight excluding hydrogens is 320 g/mol. The zero-order valence-electron chi connectivity index (χ0n) is 14.4. The summed E-state index contributed by atoms with van der Waals surface area (Å²) in [7, 11) is 0. The SMILES string of the molecule is C=CCOc1cccc(-c2nnc(CCC(=O)NC(C)C)c(=O)[nH]2)c1. The van der Waals surface area contributed by atoms with E-state index in [1.807, 2.05) is 13.8 Å². The van der Waals surface area contributed by atoms with Crippen molar-refractivity contribution in [1.82, 2.24) is 20.5 Å². The molecule has 0 spiro atoms. The van der Waals surface area contributed by atoms with Gasteiger partial charge in [0.25, 0.3) is 5.56 Å². The number of aryl methyl sites for hydroxylation is 1. The lowest BCUT2D eigenvalue weighted by Crippen LogP contribution is -2.31. The van der Waals surface area contributed by atoms with Gasteiger partial charge < -0.3 is 15.0 Å². The first-order valence-corrected chi connectivity index (χ1v) is 8.09. The molecule has 0 aliphatic heterocycles. The summed E-state index contributed by atoms with van der Waals surface area (Å²) in [6.07, 6.45) is 2.09. The van der Waals surface area contributed by atoms with Crippen molar-refractivity contribution in [2.45, 2.75) is 32.7 Å². The Balaban J connectivity index is 2.10. The van der Waals surface area contributed by atoms with Gasteiger partial charge in [0.15, 0.2) is 5.82 Å². The van der Waals surface area contributed by atoms with Crippen molar-refractivity contribution in [2.24, 2.45) is 0 Å². The highest BCUT2D eigenvalue weighted by atomic mass is 16.5. The zero-order chi connectivity index (χ0) is 18.2. The molecule has 132 valence electrons. The molecule has 1 aromatic heterocycles. The van der Waals surface area contributed by atoms with Crippen molar-refractivity contribution in [1.29, 1.82) is 0 Å². The summed E-state index contributed by atoms with van der Waals surface area (Å²) in [4.78, 5) is 26.5. The van der Waals surface area contributed by atoms with E-state index in [9.17, 15) is 9.59 Å². The lowest BCUT2D eigenvalue weighted by molar-refractivity contribution is -0.121. The highest BCUT2D eigenvalue weighted by Crippen LogP contribution is 2.19. The smallest absolute Gasteiger partial charge is 0.273 e. The number of nitrogens with zero attached hydrogens (tertiary/aromatic N) is 2. The molecule has 2 aromatic rings. The summed E-state index contributed by atoms with van der Waals surface area (Å²) in [6.45, 7) is 7.75. The number of hydrogen-bond acceptors (Lipinski definition) is 5. The Morgan fingerprint density at radius 2 is 2.20 bits per heavy atom. The van der Waals surface area contributed by atoms with E-state index in [1.54, 1.807) is 30.3 Å². The Kier molecular flexibility index (Phi) is 6.45. The fourth-order valence-electron chi connectivity index (χ4n) is 2.17. The molecule has 0 saturated carbocycles. The van der Waals surface area contributed by atoms with Gasteiger partial charge in [0.1, 0.15) is 18.1 Å². The third-order valence-electron chi connectivity index (χ3n) is 3.28. The van der Waals surface area contributed by atoms with Gasteiger partial charge in [0.2, 0.25) is 5.91 Å². The molecule has 0 radical (unpaired) electrons. The van der Waals surface area contributed by atoms with Gasteiger partial charge in [0, 0.05) is 24.4 Å². The molecule has 1 amide bonds. The summed E-state index contributed by atoms with van der Waals surface area (Å²) < 4.78 is 5.47. The number of carbonyl (C=O) groups excluding carboxylic acids is 1. The van der Waals surface area contributed by atoms with E-state index in [2.05, 4.69) is 27.1 Å². The van der Waals surface area contributed by atoms with E-state index in [0.29, 0.717) is 23.7 Å². The first-order chi connectivity index (χ1) is 12.0. The highest BCUT2D eigenvalue weighted by Gasteiger charge is 2.10. The predicted octanol–water partition coefficient (Wildman–Crippen LogP) is 1.85. The second-order valence-corrected chi connectivity index (χ2v) is 5.80. The van der Waals surface area contributed by atoms with Crippen LogP contribution in [0.2, 0.25) is 0 Å². The second-order valence-electron chi connectivity index (χ2n) is 5.80. The first kappa shape index (κ1) is 18.4. The lowest BCUT2D eigenvalue weighted by Gasteiger charge is -2.08. The largest absolute Gasteiger partial charge is 0.490 e. The minimum Gasteiger partial charge on any atom is -0.490 e. The van der Waals surface area contributed by atoms with Gasteiger partial charge in [-0.05, 0) is 26.0 Å². The monoisotopic (exact) mass is 342 g/mol. The summed E-state index contributed by atoms with van der Waals surface area (Å²) in [6, 6.07) is 7.24. The average Bonchev–Trinajstić information content (AvgIpc) is 2.58. The van der Waals surface area contributed by atoms with Gasteiger partial charge in [-0.25, -0.2) is 0 Å². The van der Waals surface area contributed by atoms with Crippen LogP contribution in [-0.4, -0.2) is 33.7 Å². The first-order valence-electron chi connectivity index (χ1n) is 8.09.